The molecule has 1 aromatic rings. The number of nitrogens with one attached hydrogen (secondary N) is 1. The highest BCUT2D eigenvalue weighted by molar-refractivity contribution is 5.17. The minimum atomic E-state index is 0.425. The molecule has 1 aromatic heterocycles. The predicted octanol–water partition coefficient (Wildman–Crippen LogP) is 2.52. The second-order valence-electron chi connectivity index (χ2n) is 4.64. The van der Waals surface area contributed by atoms with E-state index in [9.17, 15) is 0 Å². The molecule has 2 unspecified atom stereocenters. The largest absolute Gasteiger partial charge is 0.314 e. The summed E-state index contributed by atoms with van der Waals surface area (Å²) < 4.78 is 0. The second-order valence-corrected chi connectivity index (χ2v) is 4.64. The molecule has 0 aliphatic rings. The van der Waals surface area contributed by atoms with Gasteiger partial charge < -0.3 is 5.32 Å². The molecule has 0 saturated heterocycles. The van der Waals surface area contributed by atoms with Gasteiger partial charge in [0.2, 0.25) is 0 Å². The molecule has 0 radical (unpaired) electrons. The van der Waals surface area contributed by atoms with Gasteiger partial charge in [-0.3, -0.25) is 9.97 Å². The highest BCUT2D eigenvalue weighted by Crippen LogP contribution is 2.27. The van der Waals surface area contributed by atoms with E-state index in [2.05, 4.69) is 43.0 Å². The smallest absolute Gasteiger partial charge is 0.0664 e. The average molecular weight is 221 g/mol. The highest BCUT2D eigenvalue weighted by Gasteiger charge is 2.25. The molecule has 1 rings (SSSR count). The third kappa shape index (κ3) is 3.01. The quantitative estimate of drug-likeness (QED) is 0.830. The maximum Gasteiger partial charge on any atom is 0.0664 e. The molecule has 0 aliphatic carbocycles. The normalized spacial score (nSPS) is 15.1. The first-order chi connectivity index (χ1) is 7.57. The van der Waals surface area contributed by atoms with E-state index in [1.165, 1.54) is 0 Å². The molecule has 0 bridgehead atoms. The van der Waals surface area contributed by atoms with Gasteiger partial charge in [0, 0.05) is 24.4 Å². The molecule has 0 aliphatic heterocycles. The Labute approximate surface area is 98.7 Å². The summed E-state index contributed by atoms with van der Waals surface area (Å²) in [7, 11) is 0. The number of aryl methyl sites for hydroxylation is 1. The zero-order chi connectivity index (χ0) is 12.1. The van der Waals surface area contributed by atoms with E-state index >= 15 is 0 Å². The van der Waals surface area contributed by atoms with Crippen LogP contribution < -0.4 is 5.32 Å². The third-order valence-electron chi connectivity index (χ3n) is 3.02. The van der Waals surface area contributed by atoms with E-state index < -0.39 is 0 Å². The minimum absolute atomic E-state index is 0.425. The summed E-state index contributed by atoms with van der Waals surface area (Å²) in [6, 6.07) is 0.431. The number of rotatable bonds is 5. The standard InChI is InChI=1S/C13H23N3/c1-6-14-10(4)12(9(2)3)13-11(5)15-7-8-16-13/h7-10,12,14H,6H2,1-5H3. The second kappa shape index (κ2) is 5.94. The Morgan fingerprint density at radius 1 is 1.19 bits per heavy atom. The molecule has 2 atom stereocenters. The molecule has 3 heteroatoms. The number of likely N-dealkylation sites (N-methyl/N-ethyl adjacent to an activating group) is 1. The molecule has 0 fully saturated rings. The summed E-state index contributed by atoms with van der Waals surface area (Å²) >= 11 is 0. The average Bonchev–Trinajstić information content (AvgIpc) is 2.21. The SMILES string of the molecule is CCNC(C)C(c1nccnc1C)C(C)C. The van der Waals surface area contributed by atoms with Gasteiger partial charge in [-0.2, -0.15) is 0 Å². The van der Waals surface area contributed by atoms with Crippen molar-refractivity contribution >= 4 is 0 Å². The monoisotopic (exact) mass is 221 g/mol. The van der Waals surface area contributed by atoms with Gasteiger partial charge in [0.25, 0.3) is 0 Å². The summed E-state index contributed by atoms with van der Waals surface area (Å²) in [4.78, 5) is 8.84. The van der Waals surface area contributed by atoms with E-state index in [4.69, 9.17) is 0 Å². The van der Waals surface area contributed by atoms with Crippen molar-refractivity contribution in [3.8, 4) is 0 Å². The lowest BCUT2D eigenvalue weighted by Crippen LogP contribution is -2.35. The molecule has 0 spiro atoms. The Morgan fingerprint density at radius 2 is 1.81 bits per heavy atom. The van der Waals surface area contributed by atoms with Gasteiger partial charge in [0.1, 0.15) is 0 Å². The minimum Gasteiger partial charge on any atom is -0.314 e. The van der Waals surface area contributed by atoms with Gasteiger partial charge in [-0.15, -0.1) is 0 Å². The van der Waals surface area contributed by atoms with E-state index in [0.29, 0.717) is 17.9 Å². The number of hydrogen-bond acceptors (Lipinski definition) is 3. The fourth-order valence-electron chi connectivity index (χ4n) is 2.32. The Morgan fingerprint density at radius 3 is 2.31 bits per heavy atom. The van der Waals surface area contributed by atoms with Crippen molar-refractivity contribution < 1.29 is 0 Å². The van der Waals surface area contributed by atoms with Gasteiger partial charge >= 0.3 is 0 Å². The Hall–Kier alpha value is -0.960. The van der Waals surface area contributed by atoms with E-state index in [1.54, 1.807) is 12.4 Å². The van der Waals surface area contributed by atoms with Gasteiger partial charge in [0.15, 0.2) is 0 Å². The molecule has 1 N–H and O–H groups in total. The molecule has 0 saturated carbocycles. The number of nitrogens with zero attached hydrogens (tertiary/aromatic N) is 2. The van der Waals surface area contributed by atoms with Crippen LogP contribution >= 0.6 is 0 Å². The van der Waals surface area contributed by atoms with Crippen LogP contribution in [0.15, 0.2) is 12.4 Å². The van der Waals surface area contributed by atoms with Gasteiger partial charge in [-0.05, 0) is 26.3 Å². The summed E-state index contributed by atoms with van der Waals surface area (Å²) in [6.07, 6.45) is 3.55. The third-order valence-corrected chi connectivity index (χ3v) is 3.02. The van der Waals surface area contributed by atoms with Crippen LogP contribution in [0.4, 0.5) is 0 Å². The lowest BCUT2D eigenvalue weighted by molar-refractivity contribution is 0.373. The highest BCUT2D eigenvalue weighted by atomic mass is 14.9. The van der Waals surface area contributed by atoms with Crippen LogP contribution in [0.3, 0.4) is 0 Å². The number of hydrogen-bond donors (Lipinski definition) is 1. The topological polar surface area (TPSA) is 37.8 Å². The summed E-state index contributed by atoms with van der Waals surface area (Å²) in [6.45, 7) is 11.9. The Balaban J connectivity index is 2.98. The summed E-state index contributed by atoms with van der Waals surface area (Å²) in [5, 5.41) is 3.48. The van der Waals surface area contributed by atoms with Crippen LogP contribution in [-0.4, -0.2) is 22.6 Å². The molecule has 90 valence electrons. The first-order valence-corrected chi connectivity index (χ1v) is 6.08. The van der Waals surface area contributed by atoms with E-state index in [0.717, 1.165) is 17.9 Å². The molecule has 16 heavy (non-hydrogen) atoms. The van der Waals surface area contributed by atoms with Crippen molar-refractivity contribution in [1.29, 1.82) is 0 Å². The lowest BCUT2D eigenvalue weighted by Gasteiger charge is -2.28. The molecule has 3 nitrogen and oxygen atoms in total. The van der Waals surface area contributed by atoms with Gasteiger partial charge in [-0.25, -0.2) is 0 Å². The van der Waals surface area contributed by atoms with Crippen LogP contribution in [0.1, 0.15) is 45.0 Å². The molecule has 1 heterocycles. The molecule has 0 aromatic carbocycles. The maximum atomic E-state index is 4.50. The van der Waals surface area contributed by atoms with E-state index in [1.807, 2.05) is 6.92 Å². The molecular weight excluding hydrogens is 198 g/mol. The fourth-order valence-corrected chi connectivity index (χ4v) is 2.32. The van der Waals surface area contributed by atoms with Crippen molar-refractivity contribution in [2.45, 2.75) is 46.6 Å². The van der Waals surface area contributed by atoms with Crippen molar-refractivity contribution in [2.75, 3.05) is 6.54 Å². The van der Waals surface area contributed by atoms with Crippen molar-refractivity contribution in [3.63, 3.8) is 0 Å². The summed E-state index contributed by atoms with van der Waals surface area (Å²) in [5.74, 6) is 0.984. The zero-order valence-electron chi connectivity index (χ0n) is 11.0. The van der Waals surface area contributed by atoms with Crippen LogP contribution in [0.5, 0.6) is 0 Å². The van der Waals surface area contributed by atoms with Crippen LogP contribution in [0, 0.1) is 12.8 Å². The predicted molar refractivity (Wildman–Crippen MR) is 67.5 cm³/mol. The van der Waals surface area contributed by atoms with Crippen molar-refractivity contribution in [2.24, 2.45) is 5.92 Å². The molecular formula is C13H23N3. The van der Waals surface area contributed by atoms with Crippen LogP contribution in [-0.2, 0) is 0 Å². The van der Waals surface area contributed by atoms with Gasteiger partial charge in [0.05, 0.1) is 11.4 Å². The first-order valence-electron chi connectivity index (χ1n) is 6.08. The number of aromatic nitrogens is 2. The zero-order valence-corrected chi connectivity index (χ0v) is 11.0. The van der Waals surface area contributed by atoms with Crippen molar-refractivity contribution in [3.05, 3.63) is 23.8 Å². The van der Waals surface area contributed by atoms with Crippen LogP contribution in [0.25, 0.3) is 0 Å². The van der Waals surface area contributed by atoms with Crippen LogP contribution in [0.2, 0.25) is 0 Å². The van der Waals surface area contributed by atoms with E-state index in [-0.39, 0.29) is 0 Å². The fraction of sp³-hybridized carbons (Fsp3) is 0.692. The Kier molecular flexibility index (Phi) is 4.87. The first kappa shape index (κ1) is 13.1. The van der Waals surface area contributed by atoms with Gasteiger partial charge in [-0.1, -0.05) is 20.8 Å². The molecule has 0 amide bonds. The summed E-state index contributed by atoms with van der Waals surface area (Å²) in [5.41, 5.74) is 2.18. The lowest BCUT2D eigenvalue weighted by atomic mass is 9.85. The Bertz CT molecular complexity index is 323. The maximum absolute atomic E-state index is 4.50. The van der Waals surface area contributed by atoms with Crippen molar-refractivity contribution in [1.82, 2.24) is 15.3 Å².